The highest BCUT2D eigenvalue weighted by Crippen LogP contribution is 2.50. The van der Waals surface area contributed by atoms with Gasteiger partial charge in [0.25, 0.3) is 0 Å². The molecule has 0 saturated heterocycles. The molecule has 9 rings (SSSR count). The molecule has 5 heteroatoms. The van der Waals surface area contributed by atoms with E-state index in [1.165, 1.54) is 44.5 Å². The van der Waals surface area contributed by atoms with E-state index in [4.69, 9.17) is 14.7 Å². The van der Waals surface area contributed by atoms with E-state index in [0.29, 0.717) is 0 Å². The van der Waals surface area contributed by atoms with Crippen molar-refractivity contribution in [2.24, 2.45) is 0 Å². The van der Waals surface area contributed by atoms with Gasteiger partial charge in [-0.3, -0.25) is 0 Å². The molecule has 5 heterocycles. The number of ether oxygens (including phenoxy) is 1. The highest BCUT2D eigenvalue weighted by Gasteiger charge is 2.31. The topological polar surface area (TPSA) is 66.6 Å². The van der Waals surface area contributed by atoms with E-state index in [1.54, 1.807) is 0 Å². The van der Waals surface area contributed by atoms with Crippen molar-refractivity contribution < 1.29 is 4.74 Å². The highest BCUT2D eigenvalue weighted by atomic mass is 16.5. The molecule has 0 spiro atoms. The zero-order valence-corrected chi connectivity index (χ0v) is 39.5. The third-order valence-corrected chi connectivity index (χ3v) is 13.6. The van der Waals surface area contributed by atoms with Gasteiger partial charge < -0.3 is 14.7 Å². The van der Waals surface area contributed by atoms with Crippen LogP contribution in [0.4, 0.5) is 0 Å². The lowest BCUT2D eigenvalue weighted by molar-refractivity contribution is 0.483. The summed E-state index contributed by atoms with van der Waals surface area (Å²) in [5, 5.41) is 0. The van der Waals surface area contributed by atoms with Crippen molar-refractivity contribution in [1.82, 2.24) is 19.9 Å². The molecule has 328 valence electrons. The van der Waals surface area contributed by atoms with Crippen LogP contribution in [0.15, 0.2) is 121 Å². The number of aryl methyl sites for hydroxylation is 4. The number of para-hydroxylation sites is 1. The van der Waals surface area contributed by atoms with E-state index < -0.39 is 0 Å². The van der Waals surface area contributed by atoms with Gasteiger partial charge in [0.2, 0.25) is 0 Å². The van der Waals surface area contributed by atoms with E-state index in [1.807, 2.05) is 18.2 Å². The Bertz CT molecular complexity index is 3080. The van der Waals surface area contributed by atoms with E-state index in [9.17, 15) is 0 Å². The summed E-state index contributed by atoms with van der Waals surface area (Å²) in [6.45, 7) is 18.3. The molecule has 4 aromatic carbocycles. The summed E-state index contributed by atoms with van der Waals surface area (Å²) >= 11 is 0. The molecular weight excluding hydrogens is 793 g/mol. The number of fused-ring (bicyclic) bond motifs is 8. The number of hydrogen-bond acceptors (Lipinski definition) is 3. The lowest BCUT2D eigenvalue weighted by Gasteiger charge is -2.12. The first kappa shape index (κ1) is 43.5. The zero-order valence-electron chi connectivity index (χ0n) is 39.5. The minimum Gasteiger partial charge on any atom is -0.453 e. The Kier molecular flexibility index (Phi) is 12.6. The fourth-order valence-electron chi connectivity index (χ4n) is 10.8. The van der Waals surface area contributed by atoms with E-state index in [0.717, 1.165) is 141 Å². The van der Waals surface area contributed by atoms with Crippen molar-refractivity contribution in [1.29, 1.82) is 0 Å². The molecule has 65 heavy (non-hydrogen) atoms. The average Bonchev–Trinajstić information content (AvgIpc) is 4.12. The fourth-order valence-corrected chi connectivity index (χ4v) is 10.8. The first-order valence-electron chi connectivity index (χ1n) is 24.2. The molecule has 2 aliphatic rings. The van der Waals surface area contributed by atoms with Crippen LogP contribution in [0.2, 0.25) is 0 Å². The van der Waals surface area contributed by atoms with E-state index in [2.05, 4.69) is 168 Å². The van der Waals surface area contributed by atoms with Gasteiger partial charge in [-0.05, 0) is 125 Å². The van der Waals surface area contributed by atoms with Crippen LogP contribution in [-0.2, 0) is 25.7 Å². The smallest absolute Gasteiger partial charge is 0.177 e. The van der Waals surface area contributed by atoms with Gasteiger partial charge >= 0.3 is 0 Å². The zero-order chi connectivity index (χ0) is 45.2. The molecule has 5 nitrogen and oxygen atoms in total. The molecule has 2 aliphatic heterocycles. The maximum absolute atomic E-state index is 7.28. The molecule has 0 fully saturated rings. The van der Waals surface area contributed by atoms with Crippen LogP contribution < -0.4 is 4.74 Å². The largest absolute Gasteiger partial charge is 0.453 e. The minimum absolute atomic E-state index is 0.761. The maximum atomic E-state index is 7.28. The van der Waals surface area contributed by atoms with E-state index in [-0.39, 0.29) is 0 Å². The molecule has 2 N–H and O–H groups in total. The number of aromatic amines is 2. The van der Waals surface area contributed by atoms with Gasteiger partial charge in [0, 0.05) is 16.7 Å². The molecule has 7 aromatic rings. The molecular formula is C60H62N4O. The number of H-pyrrole nitrogens is 2. The van der Waals surface area contributed by atoms with E-state index >= 15 is 0 Å². The van der Waals surface area contributed by atoms with Crippen molar-refractivity contribution in [2.75, 3.05) is 0 Å². The van der Waals surface area contributed by atoms with Gasteiger partial charge in [-0.15, -0.1) is 0 Å². The first-order valence-corrected chi connectivity index (χ1v) is 24.2. The Morgan fingerprint density at radius 2 is 0.631 bits per heavy atom. The van der Waals surface area contributed by atoms with Gasteiger partial charge in [-0.25, -0.2) is 9.97 Å². The van der Waals surface area contributed by atoms with Gasteiger partial charge in [-0.1, -0.05) is 165 Å². The Balaban J connectivity index is 1.67. The third kappa shape index (κ3) is 7.45. The van der Waals surface area contributed by atoms with Crippen molar-refractivity contribution in [3.63, 3.8) is 0 Å². The number of hydrogen-bond donors (Lipinski definition) is 2. The standard InChI is InChI=1S/C60H62N4O/c1-9-41-43(11-3)54-50(38-31-23-18-24-32-38)56-45(13-5)47(15-7)58(63-56)60(65-40-35-27-20-28-36-40)59-48(16-8)46(14-6)57(64-59)51(39-33-25-19-26-34-39)55-44(12-4)42(10-2)53(62-55)49(52(41)61-54)37-29-21-17-22-30-37/h17-36,61,64H,9-16H2,1-8H3. The Morgan fingerprint density at radius 3 is 0.969 bits per heavy atom. The Morgan fingerprint density at radius 1 is 0.338 bits per heavy atom. The summed E-state index contributed by atoms with van der Waals surface area (Å²) in [6, 6.07) is 43.1. The summed E-state index contributed by atoms with van der Waals surface area (Å²) in [5.41, 5.74) is 25.4. The number of aromatic nitrogens is 4. The molecule has 0 saturated carbocycles. The predicted octanol–water partition coefficient (Wildman–Crippen LogP) is 16.8. The first-order chi connectivity index (χ1) is 31.9. The van der Waals surface area contributed by atoms with Crippen LogP contribution in [0, 0.1) is 0 Å². The fraction of sp³-hybridized carbons (Fsp3) is 0.267. The van der Waals surface area contributed by atoms with Crippen LogP contribution in [0.1, 0.15) is 126 Å². The summed E-state index contributed by atoms with van der Waals surface area (Å²) in [7, 11) is 0. The lowest BCUT2D eigenvalue weighted by atomic mass is 9.90. The number of nitrogens with zero attached hydrogens (tertiary/aromatic N) is 2. The summed E-state index contributed by atoms with van der Waals surface area (Å²) in [4.78, 5) is 20.3. The van der Waals surface area contributed by atoms with Crippen molar-refractivity contribution in [2.45, 2.75) is 107 Å². The Labute approximate surface area is 385 Å². The molecule has 8 bridgehead atoms. The number of nitrogens with one attached hydrogen (secondary N) is 2. The molecule has 0 aliphatic carbocycles. The second kappa shape index (κ2) is 18.8. The molecule has 0 radical (unpaired) electrons. The monoisotopic (exact) mass is 854 g/mol. The highest BCUT2D eigenvalue weighted by molar-refractivity contribution is 6.08. The van der Waals surface area contributed by atoms with Crippen molar-refractivity contribution >= 4 is 44.4 Å². The van der Waals surface area contributed by atoms with Crippen LogP contribution in [-0.4, -0.2) is 19.9 Å². The average molecular weight is 855 g/mol. The van der Waals surface area contributed by atoms with Gasteiger partial charge in [0.1, 0.15) is 11.4 Å². The summed E-state index contributed by atoms with van der Waals surface area (Å²) in [5.74, 6) is 1.54. The summed E-state index contributed by atoms with van der Waals surface area (Å²) in [6.07, 6.45) is 6.67. The van der Waals surface area contributed by atoms with Gasteiger partial charge in [0.15, 0.2) is 5.75 Å². The van der Waals surface area contributed by atoms with Crippen LogP contribution >= 0.6 is 0 Å². The van der Waals surface area contributed by atoms with Crippen LogP contribution in [0.5, 0.6) is 11.5 Å². The van der Waals surface area contributed by atoms with Crippen LogP contribution in [0.3, 0.4) is 0 Å². The predicted molar refractivity (Wildman–Crippen MR) is 276 cm³/mol. The van der Waals surface area contributed by atoms with Crippen LogP contribution in [0.25, 0.3) is 77.7 Å². The van der Waals surface area contributed by atoms with Gasteiger partial charge in [-0.2, -0.15) is 0 Å². The van der Waals surface area contributed by atoms with Crippen molar-refractivity contribution in [3.05, 3.63) is 166 Å². The second-order valence-electron chi connectivity index (χ2n) is 17.0. The molecule has 3 aromatic heterocycles. The SMILES string of the molecule is CCC1=C(CC)c2nc1c(Oc1ccccc1)c1[nH]c(c(CC)c1CC)c(-c1ccccc1)c1nc(c(-c3ccccc3)c3[nH]c(c(CC)c3CC)c2-c2ccccc2)C(CC)=C1CC. The number of benzene rings is 4. The Hall–Kier alpha value is -6.72. The minimum atomic E-state index is 0.761. The lowest BCUT2D eigenvalue weighted by Crippen LogP contribution is -1.94. The molecule has 0 atom stereocenters. The normalized spacial score (nSPS) is 12.7. The second-order valence-corrected chi connectivity index (χ2v) is 17.0. The number of allylic oxidation sites excluding steroid dienone is 4. The maximum Gasteiger partial charge on any atom is 0.177 e. The van der Waals surface area contributed by atoms with Crippen molar-refractivity contribution in [3.8, 4) is 44.9 Å². The molecule has 0 amide bonds. The molecule has 0 unspecified atom stereocenters. The quantitative estimate of drug-likeness (QED) is 0.121. The number of rotatable bonds is 13. The van der Waals surface area contributed by atoms with Gasteiger partial charge in [0.05, 0.1) is 39.1 Å². The third-order valence-electron chi connectivity index (χ3n) is 13.6. The summed E-state index contributed by atoms with van der Waals surface area (Å²) < 4.78 is 7.28.